The average Bonchev–Trinajstić information content (AvgIpc) is 2.88. The second-order valence-corrected chi connectivity index (χ2v) is 7.39. The summed E-state index contributed by atoms with van der Waals surface area (Å²) >= 11 is 1.74. The Balaban J connectivity index is 0.00000288. The molecule has 0 bridgehead atoms. The van der Waals surface area contributed by atoms with Crippen molar-refractivity contribution in [3.05, 3.63) is 15.6 Å². The van der Waals surface area contributed by atoms with Crippen molar-refractivity contribution in [1.82, 2.24) is 20.5 Å². The number of aliphatic imine (C=N–C) groups is 1. The molecule has 2 rings (SSSR count). The third kappa shape index (κ3) is 6.48. The number of halogens is 1. The Morgan fingerprint density at radius 1 is 1.29 bits per heavy atom. The zero-order valence-electron chi connectivity index (χ0n) is 15.4. The fourth-order valence-electron chi connectivity index (χ4n) is 3.02. The van der Waals surface area contributed by atoms with Gasteiger partial charge in [0.25, 0.3) is 0 Å². The van der Waals surface area contributed by atoms with E-state index in [1.54, 1.807) is 11.3 Å². The molecule has 5 nitrogen and oxygen atoms in total. The van der Waals surface area contributed by atoms with E-state index in [9.17, 15) is 0 Å². The average molecular weight is 465 g/mol. The van der Waals surface area contributed by atoms with Crippen molar-refractivity contribution < 1.29 is 0 Å². The summed E-state index contributed by atoms with van der Waals surface area (Å²) < 4.78 is 0. The highest BCUT2D eigenvalue weighted by Gasteiger charge is 2.20. The number of hydrogen-bond donors (Lipinski definition) is 2. The summed E-state index contributed by atoms with van der Waals surface area (Å²) in [6, 6.07) is 0.627. The molecular weight excluding hydrogens is 433 g/mol. The molecule has 0 saturated carbocycles. The summed E-state index contributed by atoms with van der Waals surface area (Å²) in [5, 5.41) is 7.95. The van der Waals surface area contributed by atoms with Gasteiger partial charge < -0.3 is 10.6 Å². The third-order valence-electron chi connectivity index (χ3n) is 4.45. The van der Waals surface area contributed by atoms with Crippen LogP contribution < -0.4 is 10.6 Å². The van der Waals surface area contributed by atoms with Gasteiger partial charge >= 0.3 is 0 Å². The van der Waals surface area contributed by atoms with Gasteiger partial charge in [-0.1, -0.05) is 13.3 Å². The largest absolute Gasteiger partial charge is 0.357 e. The molecule has 2 heterocycles. The number of rotatable bonds is 6. The molecule has 1 aliphatic heterocycles. The molecule has 0 aromatic carbocycles. The van der Waals surface area contributed by atoms with Crippen LogP contribution in [0.3, 0.4) is 0 Å². The first kappa shape index (κ1) is 21.6. The number of nitrogens with one attached hydrogen (secondary N) is 2. The Kier molecular flexibility index (Phi) is 10.1. The van der Waals surface area contributed by atoms with E-state index in [0.717, 1.165) is 36.3 Å². The molecule has 2 N–H and O–H groups in total. The van der Waals surface area contributed by atoms with E-state index < -0.39 is 0 Å². The topological polar surface area (TPSA) is 52.6 Å². The molecule has 0 spiro atoms. The van der Waals surface area contributed by atoms with Crippen LogP contribution in [0.1, 0.15) is 48.7 Å². The molecular formula is C17H32IN5S. The number of aryl methyl sites for hydroxylation is 2. The van der Waals surface area contributed by atoms with Gasteiger partial charge in [0.2, 0.25) is 0 Å². The van der Waals surface area contributed by atoms with Crippen molar-refractivity contribution in [2.45, 2.75) is 59.5 Å². The number of nitrogens with zero attached hydrogens (tertiary/aromatic N) is 3. The van der Waals surface area contributed by atoms with Crippen molar-refractivity contribution >= 4 is 41.3 Å². The van der Waals surface area contributed by atoms with Crippen LogP contribution in [0.5, 0.6) is 0 Å². The normalized spacial score (nSPS) is 19.0. The Morgan fingerprint density at radius 3 is 2.71 bits per heavy atom. The van der Waals surface area contributed by atoms with Gasteiger partial charge in [-0.25, -0.2) is 9.98 Å². The minimum atomic E-state index is 0. The summed E-state index contributed by atoms with van der Waals surface area (Å²) in [5.41, 5.74) is 1.12. The minimum Gasteiger partial charge on any atom is -0.357 e. The highest BCUT2D eigenvalue weighted by molar-refractivity contribution is 14.0. The summed E-state index contributed by atoms with van der Waals surface area (Å²) in [7, 11) is 0. The first-order valence-corrected chi connectivity index (χ1v) is 9.64. The number of likely N-dealkylation sites (tertiary alicyclic amines) is 1. The molecule has 24 heavy (non-hydrogen) atoms. The van der Waals surface area contributed by atoms with Crippen LogP contribution in [0.25, 0.3) is 0 Å². The highest BCUT2D eigenvalue weighted by atomic mass is 127. The monoisotopic (exact) mass is 465 g/mol. The third-order valence-corrected chi connectivity index (χ3v) is 5.51. The summed E-state index contributed by atoms with van der Waals surface area (Å²) in [6.07, 6.45) is 3.96. The van der Waals surface area contributed by atoms with Crippen LogP contribution >= 0.6 is 35.3 Å². The van der Waals surface area contributed by atoms with Gasteiger partial charge in [-0.2, -0.15) is 0 Å². The molecule has 0 aliphatic carbocycles. The van der Waals surface area contributed by atoms with E-state index in [1.165, 1.54) is 30.7 Å². The van der Waals surface area contributed by atoms with Crippen LogP contribution in [-0.2, 0) is 6.54 Å². The van der Waals surface area contributed by atoms with Crippen molar-refractivity contribution in [2.75, 3.05) is 26.2 Å². The Bertz CT molecular complexity index is 498. The fraction of sp³-hybridized carbons (Fsp3) is 0.765. The lowest BCUT2D eigenvalue weighted by molar-refractivity contribution is 0.157. The van der Waals surface area contributed by atoms with Crippen molar-refractivity contribution in [2.24, 2.45) is 4.99 Å². The molecule has 7 heteroatoms. The number of aromatic nitrogens is 1. The molecule has 1 fully saturated rings. The molecule has 138 valence electrons. The van der Waals surface area contributed by atoms with Crippen molar-refractivity contribution in [3.8, 4) is 0 Å². The first-order chi connectivity index (χ1) is 11.1. The molecule has 1 atom stereocenters. The predicted octanol–water partition coefficient (Wildman–Crippen LogP) is 3.31. The summed E-state index contributed by atoms with van der Waals surface area (Å²) in [4.78, 5) is 13.1. The van der Waals surface area contributed by atoms with Gasteiger partial charge in [0.1, 0.15) is 5.01 Å². The molecule has 1 aromatic rings. The molecule has 1 aromatic heterocycles. The number of likely N-dealkylation sites (N-methyl/N-ethyl adjacent to an activating group) is 1. The number of thiazole rings is 1. The molecule has 0 radical (unpaired) electrons. The van der Waals surface area contributed by atoms with E-state index in [4.69, 9.17) is 4.99 Å². The zero-order chi connectivity index (χ0) is 16.7. The number of hydrogen-bond acceptors (Lipinski definition) is 4. The van der Waals surface area contributed by atoms with Crippen molar-refractivity contribution in [3.63, 3.8) is 0 Å². The zero-order valence-corrected chi connectivity index (χ0v) is 18.5. The summed E-state index contributed by atoms with van der Waals surface area (Å²) in [5.74, 6) is 0.902. The van der Waals surface area contributed by atoms with Gasteiger partial charge in [0, 0.05) is 24.0 Å². The van der Waals surface area contributed by atoms with Gasteiger partial charge in [-0.3, -0.25) is 4.90 Å². The maximum atomic E-state index is 4.70. The lowest BCUT2D eigenvalue weighted by Gasteiger charge is -2.35. The molecule has 0 amide bonds. The van der Waals surface area contributed by atoms with Crippen LogP contribution in [-0.4, -0.2) is 48.1 Å². The van der Waals surface area contributed by atoms with E-state index >= 15 is 0 Å². The number of piperidine rings is 1. The van der Waals surface area contributed by atoms with E-state index in [-0.39, 0.29) is 24.0 Å². The predicted molar refractivity (Wildman–Crippen MR) is 115 cm³/mol. The Hall–Kier alpha value is -0.410. The van der Waals surface area contributed by atoms with Gasteiger partial charge in [-0.05, 0) is 46.7 Å². The Morgan fingerprint density at radius 2 is 2.08 bits per heavy atom. The smallest absolute Gasteiger partial charge is 0.191 e. The van der Waals surface area contributed by atoms with Crippen LogP contribution in [0, 0.1) is 13.8 Å². The van der Waals surface area contributed by atoms with Crippen LogP contribution in [0.15, 0.2) is 4.99 Å². The fourth-order valence-corrected chi connectivity index (χ4v) is 3.88. The lowest BCUT2D eigenvalue weighted by atomic mass is 10.0. The SMILES string of the molecule is CCNC(=NCc1nc(C)c(C)s1)NCC1CCCCN1CC.I. The molecule has 1 unspecified atom stereocenters. The molecule has 1 saturated heterocycles. The minimum absolute atomic E-state index is 0. The summed E-state index contributed by atoms with van der Waals surface area (Å²) in [6.45, 7) is 13.4. The maximum Gasteiger partial charge on any atom is 0.191 e. The second-order valence-electron chi connectivity index (χ2n) is 6.10. The van der Waals surface area contributed by atoms with Crippen LogP contribution in [0.2, 0.25) is 0 Å². The number of guanidine groups is 1. The van der Waals surface area contributed by atoms with Gasteiger partial charge in [0.15, 0.2) is 5.96 Å². The lowest BCUT2D eigenvalue weighted by Crippen LogP contribution is -2.49. The van der Waals surface area contributed by atoms with Gasteiger partial charge in [0.05, 0.1) is 12.2 Å². The van der Waals surface area contributed by atoms with E-state index in [2.05, 4.69) is 48.2 Å². The Labute approximate surface area is 167 Å². The maximum absolute atomic E-state index is 4.70. The van der Waals surface area contributed by atoms with Crippen LogP contribution in [0.4, 0.5) is 0 Å². The standard InChI is InChI=1S/C17H31N5S.HI/c1-5-18-17(20-12-16-21-13(3)14(4)23-16)19-11-15-9-7-8-10-22(15)6-2;/h15H,5-12H2,1-4H3,(H2,18,19,20);1H. The van der Waals surface area contributed by atoms with E-state index in [0.29, 0.717) is 12.6 Å². The quantitative estimate of drug-likeness (QED) is 0.385. The van der Waals surface area contributed by atoms with E-state index in [1.807, 2.05) is 0 Å². The van der Waals surface area contributed by atoms with Gasteiger partial charge in [-0.15, -0.1) is 35.3 Å². The molecule has 1 aliphatic rings. The first-order valence-electron chi connectivity index (χ1n) is 8.83. The van der Waals surface area contributed by atoms with Crippen molar-refractivity contribution in [1.29, 1.82) is 0 Å². The second kappa shape index (κ2) is 11.3. The highest BCUT2D eigenvalue weighted by Crippen LogP contribution is 2.17.